The summed E-state index contributed by atoms with van der Waals surface area (Å²) in [5.74, 6) is -0.114. The molecular formula is C21H22N2O3S2. The molecule has 5 nitrogen and oxygen atoms in total. The molecule has 0 spiro atoms. The van der Waals surface area contributed by atoms with E-state index in [-0.39, 0.29) is 10.1 Å². The van der Waals surface area contributed by atoms with Crippen LogP contribution in [0.25, 0.3) is 0 Å². The van der Waals surface area contributed by atoms with Crippen LogP contribution in [0, 0.1) is 6.92 Å². The minimum Gasteiger partial charge on any atom is -0.337 e. The topological polar surface area (TPSA) is 57.7 Å². The number of nitrogens with zero attached hydrogens (tertiary/aromatic N) is 2. The number of anilines is 1. The second-order valence-corrected chi connectivity index (χ2v) is 9.75. The summed E-state index contributed by atoms with van der Waals surface area (Å²) in [7, 11) is -0.321. The Morgan fingerprint density at radius 3 is 2.32 bits per heavy atom. The smallest absolute Gasteiger partial charge is 0.273 e. The van der Waals surface area contributed by atoms with Gasteiger partial charge in [0, 0.05) is 26.2 Å². The van der Waals surface area contributed by atoms with Gasteiger partial charge in [0.1, 0.15) is 4.21 Å². The molecule has 1 amide bonds. The first-order valence-electron chi connectivity index (χ1n) is 8.72. The lowest BCUT2D eigenvalue weighted by molar-refractivity contribution is 0.0785. The lowest BCUT2D eigenvalue weighted by atomic mass is 10.1. The first-order chi connectivity index (χ1) is 13.3. The molecule has 0 unspecified atom stereocenters. The lowest BCUT2D eigenvalue weighted by Crippen LogP contribution is -2.27. The summed E-state index contributed by atoms with van der Waals surface area (Å²) < 4.78 is 26.7. The third kappa shape index (κ3) is 4.26. The third-order valence-electron chi connectivity index (χ3n) is 4.44. The van der Waals surface area contributed by atoms with Crippen LogP contribution in [0.1, 0.15) is 21.5 Å². The molecule has 0 fully saturated rings. The molecule has 0 saturated carbocycles. The first-order valence-corrected chi connectivity index (χ1v) is 11.0. The molecular weight excluding hydrogens is 392 g/mol. The highest BCUT2D eigenvalue weighted by molar-refractivity contribution is 7.94. The van der Waals surface area contributed by atoms with E-state index in [4.69, 9.17) is 0 Å². The highest BCUT2D eigenvalue weighted by Gasteiger charge is 2.22. The predicted octanol–water partition coefficient (Wildman–Crippen LogP) is 4.15. The van der Waals surface area contributed by atoms with Gasteiger partial charge >= 0.3 is 0 Å². The number of thiophene rings is 1. The SMILES string of the molecule is Cc1cccc(CN(C)C(=O)c2ccc(N(C)S(=O)(=O)c3cccs3)cc2)c1. The Kier molecular flexibility index (Phi) is 5.86. The van der Waals surface area contributed by atoms with E-state index in [0.29, 0.717) is 17.8 Å². The number of rotatable bonds is 6. The van der Waals surface area contributed by atoms with Crippen LogP contribution < -0.4 is 4.31 Å². The molecule has 1 heterocycles. The van der Waals surface area contributed by atoms with Crippen LogP contribution in [-0.2, 0) is 16.6 Å². The van der Waals surface area contributed by atoms with E-state index in [9.17, 15) is 13.2 Å². The lowest BCUT2D eigenvalue weighted by Gasteiger charge is -2.20. The van der Waals surface area contributed by atoms with E-state index in [1.165, 1.54) is 22.7 Å². The highest BCUT2D eigenvalue weighted by Crippen LogP contribution is 2.25. The predicted molar refractivity (Wildman–Crippen MR) is 113 cm³/mol. The van der Waals surface area contributed by atoms with Gasteiger partial charge in [-0.1, -0.05) is 35.9 Å². The van der Waals surface area contributed by atoms with E-state index < -0.39 is 10.0 Å². The summed E-state index contributed by atoms with van der Waals surface area (Å²) in [6.07, 6.45) is 0. The fraction of sp³-hybridized carbons (Fsp3) is 0.190. The van der Waals surface area contributed by atoms with Gasteiger partial charge in [-0.2, -0.15) is 0 Å². The number of carbonyl (C=O) groups is 1. The normalized spacial score (nSPS) is 11.2. The Morgan fingerprint density at radius 1 is 1.00 bits per heavy atom. The van der Waals surface area contributed by atoms with Crippen molar-refractivity contribution in [2.24, 2.45) is 0 Å². The van der Waals surface area contributed by atoms with Crippen molar-refractivity contribution in [3.63, 3.8) is 0 Å². The molecule has 0 aliphatic carbocycles. The van der Waals surface area contributed by atoms with Crippen molar-refractivity contribution in [2.45, 2.75) is 17.7 Å². The van der Waals surface area contributed by atoms with Gasteiger partial charge in [0.25, 0.3) is 15.9 Å². The fourth-order valence-corrected chi connectivity index (χ4v) is 5.23. The van der Waals surface area contributed by atoms with E-state index in [0.717, 1.165) is 11.1 Å². The molecule has 0 N–H and O–H groups in total. The maximum Gasteiger partial charge on any atom is 0.273 e. The van der Waals surface area contributed by atoms with E-state index >= 15 is 0 Å². The van der Waals surface area contributed by atoms with Crippen molar-refractivity contribution >= 4 is 33.0 Å². The van der Waals surface area contributed by atoms with Crippen LogP contribution >= 0.6 is 11.3 Å². The van der Waals surface area contributed by atoms with Crippen LogP contribution in [0.2, 0.25) is 0 Å². The van der Waals surface area contributed by atoms with E-state index in [1.807, 2.05) is 25.1 Å². The van der Waals surface area contributed by atoms with Gasteiger partial charge in [0.05, 0.1) is 5.69 Å². The van der Waals surface area contributed by atoms with Crippen molar-refractivity contribution < 1.29 is 13.2 Å². The Morgan fingerprint density at radius 2 is 1.71 bits per heavy atom. The molecule has 7 heteroatoms. The number of hydrogen-bond acceptors (Lipinski definition) is 4. The molecule has 0 bridgehead atoms. The third-order valence-corrected chi connectivity index (χ3v) is 7.60. The largest absolute Gasteiger partial charge is 0.337 e. The number of amides is 1. The zero-order chi connectivity index (χ0) is 20.3. The molecule has 0 aliphatic rings. The number of sulfonamides is 1. The highest BCUT2D eigenvalue weighted by atomic mass is 32.2. The molecule has 0 atom stereocenters. The van der Waals surface area contributed by atoms with Gasteiger partial charge in [-0.05, 0) is 48.2 Å². The molecule has 3 aromatic rings. The summed E-state index contributed by atoms with van der Waals surface area (Å²) in [6, 6.07) is 17.9. The van der Waals surface area contributed by atoms with Gasteiger partial charge in [0.2, 0.25) is 0 Å². The average Bonchev–Trinajstić information content (AvgIpc) is 3.22. The van der Waals surface area contributed by atoms with Crippen LogP contribution in [-0.4, -0.2) is 33.3 Å². The minimum atomic E-state index is -3.59. The van der Waals surface area contributed by atoms with Gasteiger partial charge in [-0.15, -0.1) is 11.3 Å². The maximum atomic E-state index is 12.7. The molecule has 28 heavy (non-hydrogen) atoms. The number of benzene rings is 2. The van der Waals surface area contributed by atoms with Crippen LogP contribution in [0.4, 0.5) is 5.69 Å². The maximum absolute atomic E-state index is 12.7. The Balaban J connectivity index is 1.74. The van der Waals surface area contributed by atoms with Gasteiger partial charge in [0.15, 0.2) is 0 Å². The standard InChI is InChI=1S/C21H22N2O3S2/c1-16-6-4-7-17(14-16)15-22(2)21(24)18-9-11-19(12-10-18)23(3)28(25,26)20-8-5-13-27-20/h4-14H,15H2,1-3H3. The Bertz CT molecular complexity index is 1060. The monoisotopic (exact) mass is 414 g/mol. The van der Waals surface area contributed by atoms with Crippen molar-refractivity contribution in [1.82, 2.24) is 4.90 Å². The van der Waals surface area contributed by atoms with Crippen LogP contribution in [0.15, 0.2) is 70.3 Å². The van der Waals surface area contributed by atoms with Gasteiger partial charge in [-0.3, -0.25) is 9.10 Å². The summed E-state index contributed by atoms with van der Waals surface area (Å²) in [5.41, 5.74) is 3.24. The summed E-state index contributed by atoms with van der Waals surface area (Å²) >= 11 is 1.18. The van der Waals surface area contributed by atoms with Crippen LogP contribution in [0.3, 0.4) is 0 Å². The molecule has 0 radical (unpaired) electrons. The summed E-state index contributed by atoms with van der Waals surface area (Å²) in [6.45, 7) is 2.53. The van der Waals surface area contributed by atoms with Crippen molar-refractivity contribution in [1.29, 1.82) is 0 Å². The minimum absolute atomic E-state index is 0.114. The van der Waals surface area contributed by atoms with Crippen molar-refractivity contribution in [3.8, 4) is 0 Å². The van der Waals surface area contributed by atoms with Crippen molar-refractivity contribution in [2.75, 3.05) is 18.4 Å². The second kappa shape index (κ2) is 8.16. The van der Waals surface area contributed by atoms with Gasteiger partial charge < -0.3 is 4.90 Å². The number of carbonyl (C=O) groups excluding carboxylic acids is 1. The zero-order valence-electron chi connectivity index (χ0n) is 16.0. The van der Waals surface area contributed by atoms with Crippen LogP contribution in [0.5, 0.6) is 0 Å². The summed E-state index contributed by atoms with van der Waals surface area (Å²) in [4.78, 5) is 14.3. The average molecular weight is 415 g/mol. The Labute approximate surface area is 169 Å². The summed E-state index contributed by atoms with van der Waals surface area (Å²) in [5, 5.41) is 1.73. The molecule has 1 aromatic heterocycles. The van der Waals surface area contributed by atoms with E-state index in [1.54, 1.807) is 53.7 Å². The number of hydrogen-bond donors (Lipinski definition) is 0. The molecule has 2 aromatic carbocycles. The quantitative estimate of drug-likeness (QED) is 0.609. The molecule has 146 valence electrons. The second-order valence-electron chi connectivity index (χ2n) is 6.60. The molecule has 0 saturated heterocycles. The Hall–Kier alpha value is -2.64. The van der Waals surface area contributed by atoms with E-state index in [2.05, 4.69) is 6.07 Å². The fourth-order valence-electron chi connectivity index (χ4n) is 2.87. The van der Waals surface area contributed by atoms with Gasteiger partial charge in [-0.25, -0.2) is 8.42 Å². The molecule has 0 aliphatic heterocycles. The zero-order valence-corrected chi connectivity index (χ0v) is 17.6. The number of aryl methyl sites for hydroxylation is 1. The molecule has 3 rings (SSSR count). The first kappa shape index (κ1) is 20.1. The van der Waals surface area contributed by atoms with Crippen molar-refractivity contribution in [3.05, 3.63) is 82.7 Å².